The molecule has 0 unspecified atom stereocenters. The number of thioether (sulfide) groups is 2. The molecule has 0 saturated carbocycles. The first-order valence-electron chi connectivity index (χ1n) is 9.27. The van der Waals surface area contributed by atoms with Crippen molar-refractivity contribution in [2.75, 3.05) is 30.6 Å². The summed E-state index contributed by atoms with van der Waals surface area (Å²) >= 11 is 2.84. The van der Waals surface area contributed by atoms with Crippen molar-refractivity contribution in [3.05, 3.63) is 0 Å². The van der Waals surface area contributed by atoms with Crippen LogP contribution in [0.5, 0.6) is 0 Å². The van der Waals surface area contributed by atoms with Crippen molar-refractivity contribution >= 4 is 53.2 Å². The lowest BCUT2D eigenvalue weighted by molar-refractivity contribution is -0.144. The number of hydrogen-bond acceptors (Lipinski definition) is 9. The van der Waals surface area contributed by atoms with Gasteiger partial charge in [-0.2, -0.15) is 23.5 Å². The minimum atomic E-state index is -1.56. The second kappa shape index (κ2) is 15.7. The highest BCUT2D eigenvalue weighted by Gasteiger charge is 2.31. The molecule has 178 valence electrons. The van der Waals surface area contributed by atoms with Gasteiger partial charge in [0.15, 0.2) is 0 Å². The predicted molar refractivity (Wildman–Crippen MR) is 117 cm³/mol. The first-order chi connectivity index (χ1) is 14.6. The Labute approximate surface area is 188 Å². The number of carbonyl (C=O) groups is 5. The van der Waals surface area contributed by atoms with E-state index >= 15 is 0 Å². The lowest BCUT2D eigenvalue weighted by atomic mass is 10.1. The number of nitrogens with one attached hydrogen (secondary N) is 3. The minimum absolute atomic E-state index is 0.109. The van der Waals surface area contributed by atoms with Gasteiger partial charge in [0, 0.05) is 0 Å². The minimum Gasteiger partial charge on any atom is -0.481 e. The molecule has 0 rings (SSSR count). The zero-order chi connectivity index (χ0) is 24.0. The number of carboxylic acid groups (broad SMARTS) is 2. The summed E-state index contributed by atoms with van der Waals surface area (Å²) in [5, 5.41) is 33.9. The molecule has 8 N–H and O–H groups in total. The molecule has 0 saturated heterocycles. The molecule has 0 aliphatic carbocycles. The molecular weight excluding hydrogens is 452 g/mol. The highest BCUT2D eigenvalue weighted by atomic mass is 32.2. The normalized spacial score (nSPS) is 14.6. The van der Waals surface area contributed by atoms with Crippen LogP contribution in [0.15, 0.2) is 0 Å². The molecule has 0 aliphatic heterocycles. The van der Waals surface area contributed by atoms with Crippen LogP contribution in [0.4, 0.5) is 0 Å². The van der Waals surface area contributed by atoms with Gasteiger partial charge in [-0.1, -0.05) is 0 Å². The van der Waals surface area contributed by atoms with Crippen molar-refractivity contribution in [3.8, 4) is 0 Å². The zero-order valence-corrected chi connectivity index (χ0v) is 19.0. The SMILES string of the molecule is CSCC[C@H](NC(=O)[C@H](CC(=O)O)NC(=O)[C@@H](N)CCSC)C(=O)N[C@@H](CO)C(=O)O. The summed E-state index contributed by atoms with van der Waals surface area (Å²) in [4.78, 5) is 59.4. The van der Waals surface area contributed by atoms with Crippen molar-refractivity contribution in [1.82, 2.24) is 16.0 Å². The van der Waals surface area contributed by atoms with Gasteiger partial charge in [0.25, 0.3) is 0 Å². The number of carboxylic acids is 2. The van der Waals surface area contributed by atoms with Crippen molar-refractivity contribution in [3.63, 3.8) is 0 Å². The van der Waals surface area contributed by atoms with Crippen LogP contribution in [0.2, 0.25) is 0 Å². The van der Waals surface area contributed by atoms with Gasteiger partial charge in [-0.3, -0.25) is 19.2 Å². The molecule has 0 aromatic rings. The molecule has 4 atom stereocenters. The molecular formula is C17H30N4O8S2. The Hall–Kier alpha value is -2.03. The topological polar surface area (TPSA) is 208 Å². The van der Waals surface area contributed by atoms with E-state index in [2.05, 4.69) is 16.0 Å². The Morgan fingerprint density at radius 3 is 1.77 bits per heavy atom. The molecule has 0 fully saturated rings. The molecule has 14 heteroatoms. The standard InChI is InChI=1S/C17H30N4O8S2/c1-30-5-3-9(18)14(25)20-11(7-13(23)24)16(27)19-10(4-6-31-2)15(26)21-12(8-22)17(28)29/h9-12,22H,3-8,18H2,1-2H3,(H,19,27)(H,20,25)(H,21,26)(H,23,24)(H,28,29)/t9-,10-,11-,12-/m0/s1. The molecule has 0 spiro atoms. The molecule has 3 amide bonds. The molecule has 0 radical (unpaired) electrons. The summed E-state index contributed by atoms with van der Waals surface area (Å²) in [6.07, 6.45) is 3.28. The Morgan fingerprint density at radius 1 is 0.806 bits per heavy atom. The van der Waals surface area contributed by atoms with Crippen molar-refractivity contribution in [1.29, 1.82) is 0 Å². The molecule has 12 nitrogen and oxygen atoms in total. The van der Waals surface area contributed by atoms with Gasteiger partial charge in [0.1, 0.15) is 18.1 Å². The van der Waals surface area contributed by atoms with E-state index in [9.17, 15) is 24.0 Å². The van der Waals surface area contributed by atoms with Gasteiger partial charge in [0.05, 0.1) is 19.1 Å². The maximum atomic E-state index is 12.6. The monoisotopic (exact) mass is 482 g/mol. The van der Waals surface area contributed by atoms with E-state index in [-0.39, 0.29) is 6.42 Å². The summed E-state index contributed by atoms with van der Waals surface area (Å²) in [6, 6.07) is -5.19. The summed E-state index contributed by atoms with van der Waals surface area (Å²) < 4.78 is 0. The van der Waals surface area contributed by atoms with Gasteiger partial charge in [0.2, 0.25) is 17.7 Å². The summed E-state index contributed by atoms with van der Waals surface area (Å²) in [5.41, 5.74) is 5.75. The number of aliphatic hydroxyl groups is 1. The second-order valence-corrected chi connectivity index (χ2v) is 8.44. The van der Waals surface area contributed by atoms with Gasteiger partial charge in [-0.25, -0.2) is 4.79 Å². The number of rotatable bonds is 16. The number of aliphatic hydroxyl groups excluding tert-OH is 1. The number of carbonyl (C=O) groups excluding carboxylic acids is 3. The third kappa shape index (κ3) is 11.8. The van der Waals surface area contributed by atoms with E-state index in [4.69, 9.17) is 21.1 Å². The number of hydrogen-bond donors (Lipinski definition) is 7. The van der Waals surface area contributed by atoms with Crippen LogP contribution >= 0.6 is 23.5 Å². The number of amides is 3. The van der Waals surface area contributed by atoms with Crippen LogP contribution in [-0.4, -0.2) is 99.8 Å². The Bertz CT molecular complexity index is 637. The predicted octanol–water partition coefficient (Wildman–Crippen LogP) is -2.17. The van der Waals surface area contributed by atoms with E-state index in [1.54, 1.807) is 6.26 Å². The molecule has 0 heterocycles. The first-order valence-corrected chi connectivity index (χ1v) is 12.1. The lowest BCUT2D eigenvalue weighted by Crippen LogP contribution is -2.58. The average Bonchev–Trinajstić information content (AvgIpc) is 2.71. The number of aliphatic carboxylic acids is 2. The zero-order valence-electron chi connectivity index (χ0n) is 17.3. The highest BCUT2D eigenvalue weighted by Crippen LogP contribution is 2.05. The average molecular weight is 483 g/mol. The van der Waals surface area contributed by atoms with E-state index in [1.165, 1.54) is 23.5 Å². The molecule has 0 aromatic carbocycles. The van der Waals surface area contributed by atoms with Gasteiger partial charge < -0.3 is 37.0 Å². The fourth-order valence-electron chi connectivity index (χ4n) is 2.27. The van der Waals surface area contributed by atoms with Crippen molar-refractivity contribution < 1.29 is 39.3 Å². The third-order valence-electron chi connectivity index (χ3n) is 4.02. The maximum absolute atomic E-state index is 12.6. The van der Waals surface area contributed by atoms with Gasteiger partial charge >= 0.3 is 11.9 Å². The molecule has 0 bridgehead atoms. The molecule has 0 aliphatic rings. The van der Waals surface area contributed by atoms with E-state index in [1.807, 2.05) is 6.26 Å². The fourth-order valence-corrected chi connectivity index (χ4v) is 3.23. The Morgan fingerprint density at radius 2 is 1.29 bits per heavy atom. The van der Waals surface area contributed by atoms with Crippen LogP contribution < -0.4 is 21.7 Å². The van der Waals surface area contributed by atoms with Crippen LogP contribution in [0, 0.1) is 0 Å². The van der Waals surface area contributed by atoms with Crippen molar-refractivity contribution in [2.24, 2.45) is 5.73 Å². The fraction of sp³-hybridized carbons (Fsp3) is 0.706. The Kier molecular flexibility index (Phi) is 14.7. The van der Waals surface area contributed by atoms with Crippen LogP contribution in [-0.2, 0) is 24.0 Å². The highest BCUT2D eigenvalue weighted by molar-refractivity contribution is 7.98. The third-order valence-corrected chi connectivity index (χ3v) is 5.31. The molecule has 0 aromatic heterocycles. The summed E-state index contributed by atoms with van der Waals surface area (Å²) in [5.74, 6) is -4.28. The van der Waals surface area contributed by atoms with E-state index in [0.717, 1.165) is 0 Å². The second-order valence-electron chi connectivity index (χ2n) is 6.47. The van der Waals surface area contributed by atoms with Crippen LogP contribution in [0.3, 0.4) is 0 Å². The number of nitrogens with two attached hydrogens (primary N) is 1. The Balaban J connectivity index is 5.33. The van der Waals surface area contributed by atoms with Crippen molar-refractivity contribution in [2.45, 2.75) is 43.4 Å². The first kappa shape index (κ1) is 29.0. The van der Waals surface area contributed by atoms with Crippen LogP contribution in [0.1, 0.15) is 19.3 Å². The molecule has 31 heavy (non-hydrogen) atoms. The van der Waals surface area contributed by atoms with Gasteiger partial charge in [-0.15, -0.1) is 0 Å². The lowest BCUT2D eigenvalue weighted by Gasteiger charge is -2.24. The van der Waals surface area contributed by atoms with E-state index in [0.29, 0.717) is 17.9 Å². The maximum Gasteiger partial charge on any atom is 0.328 e. The summed E-state index contributed by atoms with van der Waals surface area (Å²) in [6.45, 7) is -0.851. The smallest absolute Gasteiger partial charge is 0.328 e. The quantitative estimate of drug-likeness (QED) is 0.126. The van der Waals surface area contributed by atoms with Crippen LogP contribution in [0.25, 0.3) is 0 Å². The summed E-state index contributed by atoms with van der Waals surface area (Å²) in [7, 11) is 0. The van der Waals surface area contributed by atoms with Gasteiger partial charge in [-0.05, 0) is 36.9 Å². The van der Waals surface area contributed by atoms with E-state index < -0.39 is 66.9 Å². The largest absolute Gasteiger partial charge is 0.481 e.